The van der Waals surface area contributed by atoms with E-state index in [9.17, 15) is 4.79 Å². The number of benzene rings is 1. The van der Waals surface area contributed by atoms with Crippen LogP contribution in [0.1, 0.15) is 38.3 Å². The number of para-hydroxylation sites is 1. The molecular weight excluding hydrogens is 228 g/mol. The highest BCUT2D eigenvalue weighted by Crippen LogP contribution is 2.31. The molecule has 1 heterocycles. The fourth-order valence-electron chi connectivity index (χ4n) is 2.24. The molecule has 4 nitrogen and oxygen atoms in total. The standard InChI is InChI=1S/C14H20N2O2/c1-3-8-14(2,15)13(17)16-11-9-18-12-7-5-4-6-10(11)12/h4-7,11H,3,8-9,15H2,1-2H3,(H,16,17). The predicted molar refractivity (Wildman–Crippen MR) is 70.3 cm³/mol. The summed E-state index contributed by atoms with van der Waals surface area (Å²) in [6.45, 7) is 4.27. The van der Waals surface area contributed by atoms with Gasteiger partial charge in [0.2, 0.25) is 5.91 Å². The first-order valence-corrected chi connectivity index (χ1v) is 6.36. The molecule has 0 fully saturated rings. The molecule has 0 aromatic heterocycles. The van der Waals surface area contributed by atoms with Gasteiger partial charge in [-0.1, -0.05) is 31.5 Å². The molecule has 98 valence electrons. The van der Waals surface area contributed by atoms with Gasteiger partial charge in [-0.25, -0.2) is 0 Å². The van der Waals surface area contributed by atoms with Crippen LogP contribution in [0.15, 0.2) is 24.3 Å². The van der Waals surface area contributed by atoms with Gasteiger partial charge in [-0.2, -0.15) is 0 Å². The molecule has 0 saturated carbocycles. The maximum atomic E-state index is 12.1. The predicted octanol–water partition coefficient (Wildman–Crippen LogP) is 1.75. The molecule has 1 aromatic rings. The van der Waals surface area contributed by atoms with E-state index in [0.717, 1.165) is 17.7 Å². The Bertz CT molecular complexity index is 443. The molecule has 0 aliphatic carbocycles. The van der Waals surface area contributed by atoms with E-state index in [2.05, 4.69) is 5.32 Å². The van der Waals surface area contributed by atoms with E-state index in [1.54, 1.807) is 6.92 Å². The average molecular weight is 248 g/mol. The number of carbonyl (C=O) groups is 1. The van der Waals surface area contributed by atoms with Gasteiger partial charge in [0.1, 0.15) is 12.4 Å². The average Bonchev–Trinajstić information content (AvgIpc) is 2.73. The van der Waals surface area contributed by atoms with Crippen molar-refractivity contribution < 1.29 is 9.53 Å². The van der Waals surface area contributed by atoms with Gasteiger partial charge in [0, 0.05) is 5.56 Å². The van der Waals surface area contributed by atoms with Crippen LogP contribution in [-0.4, -0.2) is 18.1 Å². The summed E-state index contributed by atoms with van der Waals surface area (Å²) in [4.78, 5) is 12.1. The lowest BCUT2D eigenvalue weighted by molar-refractivity contribution is -0.126. The topological polar surface area (TPSA) is 64.4 Å². The Hall–Kier alpha value is -1.55. The highest BCUT2D eigenvalue weighted by molar-refractivity contribution is 5.86. The second-order valence-electron chi connectivity index (χ2n) is 5.04. The quantitative estimate of drug-likeness (QED) is 0.853. The first-order chi connectivity index (χ1) is 8.54. The van der Waals surface area contributed by atoms with E-state index in [0.29, 0.717) is 13.0 Å². The van der Waals surface area contributed by atoms with Crippen LogP contribution in [0.3, 0.4) is 0 Å². The highest BCUT2D eigenvalue weighted by Gasteiger charge is 2.32. The Kier molecular flexibility index (Phi) is 3.57. The molecule has 0 bridgehead atoms. The molecule has 1 amide bonds. The van der Waals surface area contributed by atoms with Crippen molar-refractivity contribution in [3.63, 3.8) is 0 Å². The molecule has 1 aliphatic rings. The molecule has 4 heteroatoms. The number of nitrogens with one attached hydrogen (secondary N) is 1. The number of nitrogens with two attached hydrogens (primary N) is 1. The highest BCUT2D eigenvalue weighted by atomic mass is 16.5. The van der Waals surface area contributed by atoms with Crippen LogP contribution in [0.2, 0.25) is 0 Å². The number of fused-ring (bicyclic) bond motifs is 1. The van der Waals surface area contributed by atoms with E-state index >= 15 is 0 Å². The van der Waals surface area contributed by atoms with Crippen molar-refractivity contribution in [1.29, 1.82) is 0 Å². The van der Waals surface area contributed by atoms with Crippen LogP contribution in [0.25, 0.3) is 0 Å². The maximum absolute atomic E-state index is 12.1. The third kappa shape index (κ3) is 2.48. The number of amides is 1. The summed E-state index contributed by atoms with van der Waals surface area (Å²) >= 11 is 0. The minimum Gasteiger partial charge on any atom is -0.491 e. The monoisotopic (exact) mass is 248 g/mol. The molecular formula is C14H20N2O2. The largest absolute Gasteiger partial charge is 0.491 e. The van der Waals surface area contributed by atoms with Crippen molar-refractivity contribution in [3.8, 4) is 5.75 Å². The lowest BCUT2D eigenvalue weighted by Crippen LogP contribution is -2.52. The molecule has 1 aliphatic heterocycles. The molecule has 3 N–H and O–H groups in total. The van der Waals surface area contributed by atoms with Crippen LogP contribution in [-0.2, 0) is 4.79 Å². The van der Waals surface area contributed by atoms with Crippen LogP contribution in [0.4, 0.5) is 0 Å². The number of carbonyl (C=O) groups excluding carboxylic acids is 1. The van der Waals surface area contributed by atoms with E-state index < -0.39 is 5.54 Å². The first-order valence-electron chi connectivity index (χ1n) is 6.36. The summed E-state index contributed by atoms with van der Waals surface area (Å²) < 4.78 is 5.53. The number of hydrogen-bond acceptors (Lipinski definition) is 3. The lowest BCUT2D eigenvalue weighted by Gasteiger charge is -2.24. The van der Waals surface area contributed by atoms with Gasteiger partial charge in [0.25, 0.3) is 0 Å². The van der Waals surface area contributed by atoms with E-state index in [1.807, 2.05) is 31.2 Å². The third-order valence-corrected chi connectivity index (χ3v) is 3.29. The van der Waals surface area contributed by atoms with Crippen LogP contribution >= 0.6 is 0 Å². The smallest absolute Gasteiger partial charge is 0.240 e. The molecule has 2 rings (SSSR count). The Morgan fingerprint density at radius 1 is 1.56 bits per heavy atom. The Balaban J connectivity index is 2.06. The number of hydrogen-bond donors (Lipinski definition) is 2. The Morgan fingerprint density at radius 2 is 2.28 bits per heavy atom. The van der Waals surface area contributed by atoms with Crippen LogP contribution in [0.5, 0.6) is 5.75 Å². The molecule has 2 atom stereocenters. The summed E-state index contributed by atoms with van der Waals surface area (Å²) in [5.74, 6) is 0.728. The van der Waals surface area contributed by atoms with E-state index in [1.165, 1.54) is 0 Å². The van der Waals surface area contributed by atoms with Gasteiger partial charge in [0.15, 0.2) is 0 Å². The summed E-state index contributed by atoms with van der Waals surface area (Å²) in [5, 5.41) is 2.97. The number of ether oxygens (including phenoxy) is 1. The summed E-state index contributed by atoms with van der Waals surface area (Å²) in [6.07, 6.45) is 1.56. The van der Waals surface area contributed by atoms with Gasteiger partial charge >= 0.3 is 0 Å². The zero-order valence-electron chi connectivity index (χ0n) is 10.9. The van der Waals surface area contributed by atoms with E-state index in [4.69, 9.17) is 10.5 Å². The van der Waals surface area contributed by atoms with Crippen molar-refractivity contribution in [1.82, 2.24) is 5.32 Å². The maximum Gasteiger partial charge on any atom is 0.240 e. The van der Waals surface area contributed by atoms with Crippen molar-refractivity contribution in [2.45, 2.75) is 38.3 Å². The van der Waals surface area contributed by atoms with Gasteiger partial charge in [-0.05, 0) is 19.4 Å². The van der Waals surface area contributed by atoms with Crippen molar-refractivity contribution >= 4 is 5.91 Å². The zero-order chi connectivity index (χ0) is 13.2. The Labute approximate surface area is 108 Å². The first kappa shape index (κ1) is 12.9. The van der Waals surface area contributed by atoms with Crippen molar-refractivity contribution in [2.24, 2.45) is 5.73 Å². The van der Waals surface area contributed by atoms with Gasteiger partial charge < -0.3 is 15.8 Å². The summed E-state index contributed by atoms with van der Waals surface area (Å²) in [5.41, 5.74) is 6.23. The summed E-state index contributed by atoms with van der Waals surface area (Å²) in [7, 11) is 0. The normalized spacial score (nSPS) is 20.7. The number of rotatable bonds is 4. The fourth-order valence-corrected chi connectivity index (χ4v) is 2.24. The zero-order valence-corrected chi connectivity index (χ0v) is 10.9. The third-order valence-electron chi connectivity index (χ3n) is 3.29. The SMILES string of the molecule is CCCC(C)(N)C(=O)NC1COc2ccccc21. The minimum atomic E-state index is -0.813. The molecule has 0 spiro atoms. The molecule has 0 radical (unpaired) electrons. The van der Waals surface area contributed by atoms with Gasteiger partial charge in [0.05, 0.1) is 11.6 Å². The van der Waals surface area contributed by atoms with Crippen molar-refractivity contribution in [3.05, 3.63) is 29.8 Å². The lowest BCUT2D eigenvalue weighted by atomic mass is 9.95. The fraction of sp³-hybridized carbons (Fsp3) is 0.500. The van der Waals surface area contributed by atoms with Gasteiger partial charge in [-0.3, -0.25) is 4.79 Å². The molecule has 18 heavy (non-hydrogen) atoms. The molecule has 0 saturated heterocycles. The second-order valence-corrected chi connectivity index (χ2v) is 5.04. The molecule has 2 unspecified atom stereocenters. The van der Waals surface area contributed by atoms with E-state index in [-0.39, 0.29) is 11.9 Å². The van der Waals surface area contributed by atoms with Crippen LogP contribution < -0.4 is 15.8 Å². The van der Waals surface area contributed by atoms with Crippen LogP contribution in [0, 0.1) is 0 Å². The van der Waals surface area contributed by atoms with Gasteiger partial charge in [-0.15, -0.1) is 0 Å². The summed E-state index contributed by atoms with van der Waals surface area (Å²) in [6, 6.07) is 7.66. The molecule has 1 aromatic carbocycles. The van der Waals surface area contributed by atoms with Crippen molar-refractivity contribution in [2.75, 3.05) is 6.61 Å². The second kappa shape index (κ2) is 4.98. The minimum absolute atomic E-state index is 0.0894. The Morgan fingerprint density at radius 3 is 3.00 bits per heavy atom.